The highest BCUT2D eigenvalue weighted by atomic mass is 28.4. The van der Waals surface area contributed by atoms with Gasteiger partial charge in [0.1, 0.15) is 0 Å². The van der Waals surface area contributed by atoms with Crippen LogP contribution in [0.25, 0.3) is 0 Å². The van der Waals surface area contributed by atoms with E-state index in [1.54, 1.807) is 0 Å². The largest absolute Gasteiger partial charge is 0.417 e. The molecular formula is C26H52O3Si. The van der Waals surface area contributed by atoms with Gasteiger partial charge >= 0.3 is 0 Å². The first-order chi connectivity index (χ1) is 14.2. The molecule has 0 unspecified atom stereocenters. The van der Waals surface area contributed by atoms with E-state index >= 15 is 0 Å². The number of hydrogen-bond donors (Lipinski definition) is 0. The summed E-state index contributed by atoms with van der Waals surface area (Å²) in [6, 6.07) is 0. The van der Waals surface area contributed by atoms with Crippen LogP contribution in [0.5, 0.6) is 0 Å². The van der Waals surface area contributed by atoms with Crippen LogP contribution in [0, 0.1) is 0 Å². The maximum absolute atomic E-state index is 6.26. The summed E-state index contributed by atoms with van der Waals surface area (Å²) in [5.41, 5.74) is 0. The molecule has 0 N–H and O–H groups in total. The Balaban J connectivity index is 2.02. The summed E-state index contributed by atoms with van der Waals surface area (Å²) in [5, 5.41) is 0.325. The van der Waals surface area contributed by atoms with E-state index in [0.29, 0.717) is 5.04 Å². The van der Waals surface area contributed by atoms with E-state index in [4.69, 9.17) is 13.9 Å². The first-order valence-electron chi connectivity index (χ1n) is 12.8. The lowest BCUT2D eigenvalue weighted by Crippen LogP contribution is -2.40. The monoisotopic (exact) mass is 440 g/mol. The van der Waals surface area contributed by atoms with Crippen molar-refractivity contribution in [2.75, 3.05) is 19.8 Å². The van der Waals surface area contributed by atoms with Crippen molar-refractivity contribution in [3.63, 3.8) is 0 Å². The molecule has 0 radical (unpaired) electrons. The van der Waals surface area contributed by atoms with Crippen LogP contribution < -0.4 is 0 Å². The van der Waals surface area contributed by atoms with Crippen LogP contribution in [0.2, 0.25) is 18.1 Å². The molecule has 1 aliphatic rings. The van der Waals surface area contributed by atoms with Crippen LogP contribution in [0.1, 0.15) is 111 Å². The molecule has 0 aromatic heterocycles. The lowest BCUT2D eigenvalue weighted by Gasteiger charge is -2.36. The first kappa shape index (κ1) is 27.9. The normalized spacial score (nSPS) is 17.3. The first-order valence-corrected chi connectivity index (χ1v) is 15.7. The van der Waals surface area contributed by atoms with Gasteiger partial charge in [0.2, 0.25) is 0 Å². The van der Waals surface area contributed by atoms with Gasteiger partial charge < -0.3 is 13.9 Å². The zero-order valence-electron chi connectivity index (χ0n) is 21.2. The summed E-state index contributed by atoms with van der Waals surface area (Å²) in [7, 11) is -1.55. The SMILES string of the molecule is CCCCCCC1(C/C=C\CCCCCCCCO[Si](C)(C)C(C)(C)C)OCCO1. The Bertz CT molecular complexity index is 448. The van der Waals surface area contributed by atoms with Crippen molar-refractivity contribution in [1.82, 2.24) is 0 Å². The molecule has 1 saturated heterocycles. The van der Waals surface area contributed by atoms with Crippen LogP contribution in [0.15, 0.2) is 12.2 Å². The topological polar surface area (TPSA) is 27.7 Å². The van der Waals surface area contributed by atoms with Crippen LogP contribution in [-0.2, 0) is 13.9 Å². The van der Waals surface area contributed by atoms with Crippen LogP contribution >= 0.6 is 0 Å². The minimum atomic E-state index is -1.55. The molecule has 0 saturated carbocycles. The summed E-state index contributed by atoms with van der Waals surface area (Å²) in [6.07, 6.45) is 20.7. The van der Waals surface area contributed by atoms with Gasteiger partial charge in [-0.2, -0.15) is 0 Å². The minimum absolute atomic E-state index is 0.323. The Labute approximate surface area is 189 Å². The lowest BCUT2D eigenvalue weighted by molar-refractivity contribution is -0.160. The fraction of sp³-hybridized carbons (Fsp3) is 0.923. The van der Waals surface area contributed by atoms with Gasteiger partial charge in [-0.25, -0.2) is 0 Å². The Morgan fingerprint density at radius 1 is 0.833 bits per heavy atom. The molecule has 0 atom stereocenters. The van der Waals surface area contributed by atoms with Gasteiger partial charge in [0.25, 0.3) is 0 Å². The van der Waals surface area contributed by atoms with Gasteiger partial charge in [-0.05, 0) is 43.8 Å². The van der Waals surface area contributed by atoms with Crippen LogP contribution in [-0.4, -0.2) is 33.9 Å². The van der Waals surface area contributed by atoms with Crippen molar-refractivity contribution < 1.29 is 13.9 Å². The minimum Gasteiger partial charge on any atom is -0.417 e. The highest BCUT2D eigenvalue weighted by molar-refractivity contribution is 6.74. The Hall–Kier alpha value is -0.163. The number of allylic oxidation sites excluding steroid dienone is 1. The van der Waals surface area contributed by atoms with E-state index < -0.39 is 8.32 Å². The molecule has 178 valence electrons. The molecule has 4 heteroatoms. The van der Waals surface area contributed by atoms with Crippen LogP contribution in [0.3, 0.4) is 0 Å². The summed E-state index contributed by atoms with van der Waals surface area (Å²) in [5.74, 6) is -0.323. The summed E-state index contributed by atoms with van der Waals surface area (Å²) < 4.78 is 18.2. The molecule has 0 aromatic rings. The maximum Gasteiger partial charge on any atom is 0.191 e. The molecule has 0 spiro atoms. The van der Waals surface area contributed by atoms with Crippen LogP contribution in [0.4, 0.5) is 0 Å². The van der Waals surface area contributed by atoms with Crippen molar-refractivity contribution in [3.8, 4) is 0 Å². The van der Waals surface area contributed by atoms with Crippen molar-refractivity contribution in [2.24, 2.45) is 0 Å². The smallest absolute Gasteiger partial charge is 0.191 e. The molecule has 0 bridgehead atoms. The van der Waals surface area contributed by atoms with E-state index in [1.165, 1.54) is 70.6 Å². The van der Waals surface area contributed by atoms with Crippen molar-refractivity contribution >= 4 is 8.32 Å². The predicted octanol–water partition coefficient (Wildman–Crippen LogP) is 8.40. The van der Waals surface area contributed by atoms with Gasteiger partial charge in [0, 0.05) is 19.4 Å². The molecule has 1 aliphatic heterocycles. The summed E-state index contributed by atoms with van der Waals surface area (Å²) in [4.78, 5) is 0. The standard InChI is InChI=1S/C26H52O3Si/c1-7-8-9-17-20-26(27-23-24-28-26)21-18-15-13-11-10-12-14-16-19-22-29-30(5,6)25(2,3)4/h15,18H,7-14,16-17,19-24H2,1-6H3/b18-15-. The molecule has 1 rings (SSSR count). The summed E-state index contributed by atoms with van der Waals surface area (Å²) in [6.45, 7) is 16.3. The Kier molecular flexibility index (Phi) is 13.8. The third-order valence-corrected chi connectivity index (χ3v) is 11.4. The number of hydrogen-bond acceptors (Lipinski definition) is 3. The third-order valence-electron chi connectivity index (χ3n) is 6.85. The molecular weight excluding hydrogens is 388 g/mol. The zero-order valence-corrected chi connectivity index (χ0v) is 22.2. The molecule has 0 amide bonds. The fourth-order valence-electron chi connectivity index (χ4n) is 3.68. The highest BCUT2D eigenvalue weighted by Gasteiger charge is 2.37. The fourth-order valence-corrected chi connectivity index (χ4v) is 4.77. The molecule has 30 heavy (non-hydrogen) atoms. The highest BCUT2D eigenvalue weighted by Crippen LogP contribution is 2.36. The second-order valence-electron chi connectivity index (χ2n) is 10.6. The van der Waals surface area contributed by atoms with E-state index in [1.807, 2.05) is 0 Å². The Morgan fingerprint density at radius 3 is 2.07 bits per heavy atom. The second kappa shape index (κ2) is 14.8. The zero-order chi connectivity index (χ0) is 22.3. The Morgan fingerprint density at radius 2 is 1.43 bits per heavy atom. The number of unbranched alkanes of at least 4 members (excludes halogenated alkanes) is 9. The molecule has 0 aliphatic carbocycles. The molecule has 1 fully saturated rings. The summed E-state index contributed by atoms with van der Waals surface area (Å²) >= 11 is 0. The van der Waals surface area contributed by atoms with Gasteiger partial charge in [-0.3, -0.25) is 0 Å². The average Bonchev–Trinajstić information content (AvgIpc) is 3.14. The predicted molar refractivity (Wildman–Crippen MR) is 133 cm³/mol. The van der Waals surface area contributed by atoms with E-state index in [-0.39, 0.29) is 5.79 Å². The lowest BCUT2D eigenvalue weighted by atomic mass is 10.0. The van der Waals surface area contributed by atoms with E-state index in [0.717, 1.165) is 32.7 Å². The maximum atomic E-state index is 6.26. The van der Waals surface area contributed by atoms with Gasteiger partial charge in [-0.1, -0.05) is 84.8 Å². The van der Waals surface area contributed by atoms with Crippen molar-refractivity contribution in [1.29, 1.82) is 0 Å². The second-order valence-corrected chi connectivity index (χ2v) is 15.4. The third kappa shape index (κ3) is 11.5. The van der Waals surface area contributed by atoms with Crippen molar-refractivity contribution in [3.05, 3.63) is 12.2 Å². The van der Waals surface area contributed by atoms with Gasteiger partial charge in [0.05, 0.1) is 13.2 Å². The van der Waals surface area contributed by atoms with Gasteiger partial charge in [-0.15, -0.1) is 0 Å². The molecule has 1 heterocycles. The quantitative estimate of drug-likeness (QED) is 0.129. The number of rotatable bonds is 17. The van der Waals surface area contributed by atoms with Crippen molar-refractivity contribution in [2.45, 2.75) is 135 Å². The number of ether oxygens (including phenoxy) is 2. The van der Waals surface area contributed by atoms with E-state index in [9.17, 15) is 0 Å². The molecule has 0 aromatic carbocycles. The van der Waals surface area contributed by atoms with E-state index in [2.05, 4.69) is 52.9 Å². The average molecular weight is 441 g/mol. The van der Waals surface area contributed by atoms with Gasteiger partial charge in [0.15, 0.2) is 14.1 Å². The molecule has 3 nitrogen and oxygen atoms in total.